The van der Waals surface area contributed by atoms with Crippen LogP contribution in [0, 0.1) is 5.92 Å². The maximum absolute atomic E-state index is 9.87. The van der Waals surface area contributed by atoms with Gasteiger partial charge in [-0.25, -0.2) is 0 Å². The van der Waals surface area contributed by atoms with Crippen LogP contribution in [0.3, 0.4) is 0 Å². The lowest BCUT2D eigenvalue weighted by Crippen LogP contribution is -2.36. The third kappa shape index (κ3) is 3.09. The van der Waals surface area contributed by atoms with Gasteiger partial charge in [0, 0.05) is 7.11 Å². The van der Waals surface area contributed by atoms with Crippen LogP contribution in [0.1, 0.15) is 12.5 Å². The van der Waals surface area contributed by atoms with Gasteiger partial charge >= 0.3 is 0 Å². The van der Waals surface area contributed by atoms with Crippen LogP contribution >= 0.6 is 0 Å². The predicted octanol–water partition coefficient (Wildman–Crippen LogP) is 1.57. The lowest BCUT2D eigenvalue weighted by atomic mass is 9.99. The van der Waals surface area contributed by atoms with Gasteiger partial charge in [-0.05, 0) is 12.5 Å². The lowest BCUT2D eigenvalue weighted by molar-refractivity contribution is -0.141. The van der Waals surface area contributed by atoms with Crippen molar-refractivity contribution in [3.63, 3.8) is 0 Å². The molecule has 0 radical (unpaired) electrons. The summed E-state index contributed by atoms with van der Waals surface area (Å²) in [6.45, 7) is 2.78. The van der Waals surface area contributed by atoms with Crippen molar-refractivity contribution < 1.29 is 19.3 Å². The number of ether oxygens (including phenoxy) is 3. The molecule has 1 aliphatic rings. The van der Waals surface area contributed by atoms with Crippen LogP contribution in [0.2, 0.25) is 0 Å². The van der Waals surface area contributed by atoms with Gasteiger partial charge < -0.3 is 19.3 Å². The third-order valence-corrected chi connectivity index (χ3v) is 3.32. The van der Waals surface area contributed by atoms with E-state index in [0.717, 1.165) is 5.56 Å². The second-order valence-corrected chi connectivity index (χ2v) is 4.58. The van der Waals surface area contributed by atoms with Crippen LogP contribution < -0.4 is 0 Å². The Bertz CT molecular complexity index is 354. The van der Waals surface area contributed by atoms with E-state index in [0.29, 0.717) is 13.2 Å². The van der Waals surface area contributed by atoms with E-state index in [1.165, 1.54) is 0 Å². The Morgan fingerprint density at radius 1 is 1.39 bits per heavy atom. The Labute approximate surface area is 107 Å². The average molecular weight is 252 g/mol. The molecule has 2 rings (SSSR count). The molecule has 1 N–H and O–H groups in total. The van der Waals surface area contributed by atoms with Crippen molar-refractivity contribution >= 4 is 0 Å². The molecule has 1 saturated heterocycles. The van der Waals surface area contributed by atoms with Crippen LogP contribution in [0.15, 0.2) is 30.3 Å². The van der Waals surface area contributed by atoms with Crippen molar-refractivity contribution in [3.8, 4) is 0 Å². The summed E-state index contributed by atoms with van der Waals surface area (Å²) < 4.78 is 16.3. The summed E-state index contributed by atoms with van der Waals surface area (Å²) in [5, 5.41) is 9.87. The van der Waals surface area contributed by atoms with E-state index in [4.69, 9.17) is 14.2 Å². The lowest BCUT2D eigenvalue weighted by Gasteiger charge is -2.25. The predicted molar refractivity (Wildman–Crippen MR) is 66.9 cm³/mol. The highest BCUT2D eigenvalue weighted by atomic mass is 16.7. The Balaban J connectivity index is 1.89. The molecule has 18 heavy (non-hydrogen) atoms. The summed E-state index contributed by atoms with van der Waals surface area (Å²) in [4.78, 5) is 0. The molecule has 1 aliphatic heterocycles. The van der Waals surface area contributed by atoms with Gasteiger partial charge in [0.05, 0.1) is 31.3 Å². The minimum atomic E-state index is -0.527. The zero-order valence-electron chi connectivity index (χ0n) is 10.8. The van der Waals surface area contributed by atoms with Crippen molar-refractivity contribution in [2.75, 3.05) is 13.7 Å². The van der Waals surface area contributed by atoms with E-state index in [2.05, 4.69) is 0 Å². The van der Waals surface area contributed by atoms with Gasteiger partial charge in [0.2, 0.25) is 0 Å². The molecular formula is C14H20O4. The second-order valence-electron chi connectivity index (χ2n) is 4.58. The van der Waals surface area contributed by atoms with E-state index in [1.54, 1.807) is 7.11 Å². The second kappa shape index (κ2) is 6.29. The summed E-state index contributed by atoms with van der Waals surface area (Å²) in [5.41, 5.74) is 1.12. The van der Waals surface area contributed by atoms with E-state index in [9.17, 15) is 5.11 Å². The zero-order chi connectivity index (χ0) is 13.0. The first kappa shape index (κ1) is 13.5. The molecule has 4 unspecified atom stereocenters. The van der Waals surface area contributed by atoms with E-state index in [-0.39, 0.29) is 18.3 Å². The first-order valence-corrected chi connectivity index (χ1v) is 6.20. The Morgan fingerprint density at radius 3 is 2.78 bits per heavy atom. The molecule has 0 amide bonds. The summed E-state index contributed by atoms with van der Waals surface area (Å²) in [7, 11) is 1.58. The van der Waals surface area contributed by atoms with Crippen molar-refractivity contribution in [3.05, 3.63) is 35.9 Å². The highest BCUT2D eigenvalue weighted by molar-refractivity contribution is 5.13. The number of methoxy groups -OCH3 is 1. The molecule has 4 nitrogen and oxygen atoms in total. The maximum atomic E-state index is 9.87. The van der Waals surface area contributed by atoms with Crippen LogP contribution in [0.4, 0.5) is 0 Å². The minimum absolute atomic E-state index is 0.118. The normalized spacial score (nSPS) is 29.4. The van der Waals surface area contributed by atoms with Crippen LogP contribution in [0.5, 0.6) is 0 Å². The van der Waals surface area contributed by atoms with E-state index >= 15 is 0 Å². The Kier molecular flexibility index (Phi) is 4.72. The molecule has 0 aliphatic carbocycles. The van der Waals surface area contributed by atoms with Gasteiger partial charge in [-0.3, -0.25) is 0 Å². The van der Waals surface area contributed by atoms with Crippen molar-refractivity contribution in [2.24, 2.45) is 5.92 Å². The topological polar surface area (TPSA) is 47.9 Å². The summed E-state index contributed by atoms with van der Waals surface area (Å²) in [6.07, 6.45) is -1.03. The number of rotatable bonds is 5. The molecule has 0 spiro atoms. The standard InChI is InChI=1S/C14H20O4/c1-10(13-12(15)9-18-14(13)16-2)17-8-11-6-4-3-5-7-11/h3-7,10,12-15H,8-9H2,1-2H3. The molecule has 1 aromatic carbocycles. The number of aliphatic hydroxyl groups excluding tert-OH is 1. The molecule has 100 valence electrons. The molecule has 4 atom stereocenters. The summed E-state index contributed by atoms with van der Waals surface area (Å²) in [6, 6.07) is 9.97. The maximum Gasteiger partial charge on any atom is 0.165 e. The zero-order valence-corrected chi connectivity index (χ0v) is 10.8. The number of hydrogen-bond donors (Lipinski definition) is 1. The van der Waals surface area contributed by atoms with E-state index in [1.807, 2.05) is 37.3 Å². The molecule has 1 aromatic rings. The number of hydrogen-bond acceptors (Lipinski definition) is 4. The van der Waals surface area contributed by atoms with Gasteiger partial charge in [-0.2, -0.15) is 0 Å². The van der Waals surface area contributed by atoms with Gasteiger partial charge in [-0.15, -0.1) is 0 Å². The molecule has 0 bridgehead atoms. The fourth-order valence-electron chi connectivity index (χ4n) is 2.27. The first-order chi connectivity index (χ1) is 8.72. The van der Waals surface area contributed by atoms with Gasteiger partial charge in [0.15, 0.2) is 6.29 Å². The summed E-state index contributed by atoms with van der Waals surface area (Å²) >= 11 is 0. The highest BCUT2D eigenvalue weighted by Crippen LogP contribution is 2.27. The summed E-state index contributed by atoms with van der Waals surface area (Å²) in [5.74, 6) is -0.140. The molecule has 0 aromatic heterocycles. The minimum Gasteiger partial charge on any atom is -0.390 e. The van der Waals surface area contributed by atoms with Gasteiger partial charge in [0.1, 0.15) is 0 Å². The number of aliphatic hydroxyl groups is 1. The van der Waals surface area contributed by atoms with Gasteiger partial charge in [-0.1, -0.05) is 30.3 Å². The first-order valence-electron chi connectivity index (χ1n) is 6.20. The SMILES string of the molecule is COC1OCC(O)C1C(C)OCc1ccccc1. The fraction of sp³-hybridized carbons (Fsp3) is 0.571. The van der Waals surface area contributed by atoms with Crippen molar-refractivity contribution in [1.29, 1.82) is 0 Å². The molecule has 0 saturated carbocycles. The largest absolute Gasteiger partial charge is 0.390 e. The number of benzene rings is 1. The van der Waals surface area contributed by atoms with Crippen LogP contribution in [-0.2, 0) is 20.8 Å². The average Bonchev–Trinajstić information content (AvgIpc) is 2.78. The Morgan fingerprint density at radius 2 is 2.11 bits per heavy atom. The molecular weight excluding hydrogens is 232 g/mol. The monoisotopic (exact) mass is 252 g/mol. The van der Waals surface area contributed by atoms with Gasteiger partial charge in [0.25, 0.3) is 0 Å². The molecule has 1 heterocycles. The smallest absolute Gasteiger partial charge is 0.165 e. The fourth-order valence-corrected chi connectivity index (χ4v) is 2.27. The Hall–Kier alpha value is -0.940. The highest BCUT2D eigenvalue weighted by Gasteiger charge is 2.40. The van der Waals surface area contributed by atoms with Crippen molar-refractivity contribution in [2.45, 2.75) is 32.0 Å². The van der Waals surface area contributed by atoms with E-state index < -0.39 is 6.10 Å². The molecule has 4 heteroatoms. The third-order valence-electron chi connectivity index (χ3n) is 3.32. The van der Waals surface area contributed by atoms with Crippen LogP contribution in [-0.4, -0.2) is 37.3 Å². The van der Waals surface area contributed by atoms with Crippen molar-refractivity contribution in [1.82, 2.24) is 0 Å². The molecule has 1 fully saturated rings. The quantitative estimate of drug-likeness (QED) is 0.864. The van der Waals surface area contributed by atoms with Crippen LogP contribution in [0.25, 0.3) is 0 Å².